The first kappa shape index (κ1) is 20.8. The predicted molar refractivity (Wildman–Crippen MR) is 120 cm³/mol. The van der Waals surface area contributed by atoms with Crippen molar-refractivity contribution in [2.75, 3.05) is 11.9 Å². The Hall–Kier alpha value is -3.41. The van der Waals surface area contributed by atoms with Crippen molar-refractivity contribution in [3.63, 3.8) is 0 Å². The van der Waals surface area contributed by atoms with Crippen molar-refractivity contribution in [1.29, 1.82) is 0 Å². The summed E-state index contributed by atoms with van der Waals surface area (Å²) in [5.74, 6) is 0.119. The number of aromatic nitrogens is 2. The van der Waals surface area contributed by atoms with E-state index in [0.29, 0.717) is 11.7 Å². The second-order valence-corrected chi connectivity index (χ2v) is 8.39. The molecule has 0 saturated heterocycles. The molecule has 1 fully saturated rings. The number of carbonyl (C=O) groups is 2. The molecule has 2 aromatic carbocycles. The van der Waals surface area contributed by atoms with E-state index in [-0.39, 0.29) is 24.4 Å². The molecule has 1 aliphatic carbocycles. The minimum Gasteiger partial charge on any atom is -0.455 e. The lowest BCUT2D eigenvalue weighted by Gasteiger charge is -2.09. The molecule has 0 bridgehead atoms. The number of carbonyl (C=O) groups excluding carboxylic acids is 2. The number of esters is 1. The van der Waals surface area contributed by atoms with Gasteiger partial charge in [-0.1, -0.05) is 31.2 Å². The first-order chi connectivity index (χ1) is 14.8. The monoisotopic (exact) mass is 417 g/mol. The largest absolute Gasteiger partial charge is 0.455 e. The van der Waals surface area contributed by atoms with Gasteiger partial charge in [-0.15, -0.1) is 0 Å². The van der Waals surface area contributed by atoms with E-state index >= 15 is 0 Å². The summed E-state index contributed by atoms with van der Waals surface area (Å²) in [5, 5.41) is 7.63. The number of nitrogens with one attached hydrogen (secondary N) is 1. The van der Waals surface area contributed by atoms with Crippen LogP contribution in [-0.2, 0) is 14.3 Å². The Morgan fingerprint density at radius 3 is 2.42 bits per heavy atom. The number of anilines is 1. The molecular weight excluding hydrogens is 390 g/mol. The van der Waals surface area contributed by atoms with Crippen molar-refractivity contribution in [2.45, 2.75) is 34.1 Å². The predicted octanol–water partition coefficient (Wildman–Crippen LogP) is 4.60. The molecule has 0 spiro atoms. The van der Waals surface area contributed by atoms with Gasteiger partial charge in [0.2, 0.25) is 0 Å². The van der Waals surface area contributed by atoms with Gasteiger partial charge in [-0.05, 0) is 68.0 Å². The molecule has 160 valence electrons. The van der Waals surface area contributed by atoms with E-state index in [1.165, 1.54) is 11.1 Å². The minimum absolute atomic E-state index is 0.0676. The lowest BCUT2D eigenvalue weighted by Crippen LogP contribution is -2.23. The lowest BCUT2D eigenvalue weighted by molar-refractivity contribution is -0.148. The third kappa shape index (κ3) is 4.53. The van der Waals surface area contributed by atoms with Crippen LogP contribution >= 0.6 is 0 Å². The number of hydrogen-bond donors (Lipinski definition) is 1. The molecule has 1 heterocycles. The molecule has 6 heteroatoms. The summed E-state index contributed by atoms with van der Waals surface area (Å²) in [6.07, 6.45) is 0.833. The number of ether oxygens (including phenoxy) is 1. The first-order valence-electron chi connectivity index (χ1n) is 10.5. The van der Waals surface area contributed by atoms with Crippen LogP contribution in [0.5, 0.6) is 0 Å². The molecule has 1 aromatic heterocycles. The summed E-state index contributed by atoms with van der Waals surface area (Å²) in [5.41, 5.74) is 6.14. The molecule has 2 atom stereocenters. The Morgan fingerprint density at radius 2 is 1.74 bits per heavy atom. The topological polar surface area (TPSA) is 73.2 Å². The average molecular weight is 418 g/mol. The standard InChI is InChI=1S/C25H27N3O3/c1-15-10-17(3)20(11-16(15)2)22-13-23(28(27-22)19-8-6-5-7-9-19)26-24(29)14-31-25(30)21-12-18(21)4/h5-11,13,18,21H,12,14H2,1-4H3,(H,26,29)/t18-,21-/m1/s1. The number of hydrogen-bond acceptors (Lipinski definition) is 4. The van der Waals surface area contributed by atoms with Gasteiger partial charge in [-0.3, -0.25) is 9.59 Å². The van der Waals surface area contributed by atoms with E-state index < -0.39 is 0 Å². The number of benzene rings is 2. The summed E-state index contributed by atoms with van der Waals surface area (Å²) in [4.78, 5) is 24.4. The fourth-order valence-electron chi connectivity index (χ4n) is 3.68. The highest BCUT2D eigenvalue weighted by Crippen LogP contribution is 2.38. The van der Waals surface area contributed by atoms with Crippen molar-refractivity contribution in [1.82, 2.24) is 9.78 Å². The highest BCUT2D eigenvalue weighted by molar-refractivity contribution is 5.93. The molecule has 1 amide bonds. The number of amides is 1. The molecule has 1 aliphatic rings. The maximum absolute atomic E-state index is 12.5. The number of rotatable bonds is 6. The normalized spacial score (nSPS) is 17.3. The van der Waals surface area contributed by atoms with Gasteiger partial charge in [-0.25, -0.2) is 4.68 Å². The van der Waals surface area contributed by atoms with Crippen molar-refractivity contribution in [3.8, 4) is 16.9 Å². The Morgan fingerprint density at radius 1 is 1.06 bits per heavy atom. The van der Waals surface area contributed by atoms with Crippen molar-refractivity contribution in [2.24, 2.45) is 11.8 Å². The summed E-state index contributed by atoms with van der Waals surface area (Å²) in [6, 6.07) is 15.7. The minimum atomic E-state index is -0.387. The average Bonchev–Trinajstić information content (AvgIpc) is 3.34. The third-order valence-corrected chi connectivity index (χ3v) is 5.85. The van der Waals surface area contributed by atoms with Crippen LogP contribution < -0.4 is 5.32 Å². The third-order valence-electron chi connectivity index (χ3n) is 5.85. The van der Waals surface area contributed by atoms with Crippen molar-refractivity contribution >= 4 is 17.7 Å². The van der Waals surface area contributed by atoms with Crippen LogP contribution in [0.1, 0.15) is 30.0 Å². The fourth-order valence-corrected chi connectivity index (χ4v) is 3.68. The van der Waals surface area contributed by atoms with Crippen LogP contribution in [0.2, 0.25) is 0 Å². The van der Waals surface area contributed by atoms with E-state index in [9.17, 15) is 9.59 Å². The smallest absolute Gasteiger partial charge is 0.309 e. The first-order valence-corrected chi connectivity index (χ1v) is 10.5. The van der Waals surface area contributed by atoms with Gasteiger partial charge in [-0.2, -0.15) is 5.10 Å². The molecule has 1 N–H and O–H groups in total. The van der Waals surface area contributed by atoms with Crippen LogP contribution in [0.25, 0.3) is 16.9 Å². The van der Waals surface area contributed by atoms with Crippen molar-refractivity contribution < 1.29 is 14.3 Å². The van der Waals surface area contributed by atoms with E-state index in [1.54, 1.807) is 4.68 Å². The second-order valence-electron chi connectivity index (χ2n) is 8.39. The van der Waals surface area contributed by atoms with Gasteiger partial charge >= 0.3 is 5.97 Å². The summed E-state index contributed by atoms with van der Waals surface area (Å²) < 4.78 is 6.88. The summed E-state index contributed by atoms with van der Waals surface area (Å²) in [7, 11) is 0. The molecule has 0 radical (unpaired) electrons. The van der Waals surface area contributed by atoms with E-state index in [4.69, 9.17) is 9.84 Å². The zero-order valence-corrected chi connectivity index (χ0v) is 18.3. The molecule has 31 heavy (non-hydrogen) atoms. The Balaban J connectivity index is 1.61. The second kappa shape index (κ2) is 8.38. The van der Waals surface area contributed by atoms with Gasteiger partial charge in [0, 0.05) is 11.6 Å². The van der Waals surface area contributed by atoms with E-state index in [0.717, 1.165) is 28.9 Å². The van der Waals surface area contributed by atoms with Gasteiger partial charge in [0.25, 0.3) is 5.91 Å². The number of nitrogens with zero attached hydrogens (tertiary/aromatic N) is 2. The Bertz CT molecular complexity index is 1130. The fraction of sp³-hybridized carbons (Fsp3) is 0.320. The summed E-state index contributed by atoms with van der Waals surface area (Å²) in [6.45, 7) is 7.91. The molecule has 1 saturated carbocycles. The van der Waals surface area contributed by atoms with Crippen LogP contribution in [-0.4, -0.2) is 28.3 Å². The zero-order valence-electron chi connectivity index (χ0n) is 18.3. The van der Waals surface area contributed by atoms with Crippen molar-refractivity contribution in [3.05, 3.63) is 65.2 Å². The molecule has 6 nitrogen and oxygen atoms in total. The lowest BCUT2D eigenvalue weighted by atomic mass is 9.99. The van der Waals surface area contributed by atoms with Gasteiger partial charge < -0.3 is 10.1 Å². The van der Waals surface area contributed by atoms with E-state index in [2.05, 4.69) is 38.2 Å². The highest BCUT2D eigenvalue weighted by Gasteiger charge is 2.40. The SMILES string of the molecule is Cc1cc(C)c(-c2cc(NC(=O)COC(=O)[C@@H]3C[C@H]3C)n(-c3ccccc3)n2)cc1C. The van der Waals surface area contributed by atoms with Crippen LogP contribution in [0.15, 0.2) is 48.5 Å². The molecule has 4 rings (SSSR count). The molecular formula is C25H27N3O3. The quantitative estimate of drug-likeness (QED) is 0.595. The summed E-state index contributed by atoms with van der Waals surface area (Å²) >= 11 is 0. The van der Waals surface area contributed by atoms with Gasteiger partial charge in [0.1, 0.15) is 5.82 Å². The van der Waals surface area contributed by atoms with Crippen LogP contribution in [0.3, 0.4) is 0 Å². The van der Waals surface area contributed by atoms with Crippen LogP contribution in [0.4, 0.5) is 5.82 Å². The number of aryl methyl sites for hydroxylation is 3. The highest BCUT2D eigenvalue weighted by atomic mass is 16.5. The molecule has 0 aliphatic heterocycles. The molecule has 0 unspecified atom stereocenters. The van der Waals surface area contributed by atoms with Gasteiger partial charge in [0.15, 0.2) is 6.61 Å². The Labute approximate surface area is 182 Å². The van der Waals surface area contributed by atoms with Gasteiger partial charge in [0.05, 0.1) is 17.3 Å². The maximum atomic E-state index is 12.5. The Kier molecular flexibility index (Phi) is 5.63. The number of para-hydroxylation sites is 1. The maximum Gasteiger partial charge on any atom is 0.309 e. The molecule has 3 aromatic rings. The van der Waals surface area contributed by atoms with Crippen LogP contribution in [0, 0.1) is 32.6 Å². The zero-order chi connectivity index (χ0) is 22.1. The van der Waals surface area contributed by atoms with E-state index in [1.807, 2.05) is 43.3 Å².